The molecule has 1 spiro atoms. The first kappa shape index (κ1) is 17.1. The fraction of sp³-hybridized carbons (Fsp3) is 0.619. The van der Waals surface area contributed by atoms with E-state index < -0.39 is 5.54 Å². The number of para-hydroxylation sites is 1. The number of aliphatic imine (C=N–C) groups is 1. The van der Waals surface area contributed by atoms with Crippen LogP contribution in [-0.4, -0.2) is 17.8 Å². The quantitative estimate of drug-likeness (QED) is 0.763. The van der Waals surface area contributed by atoms with Gasteiger partial charge in [-0.1, -0.05) is 25.1 Å². The monoisotopic (exact) mass is 358 g/mol. The molecule has 0 N–H and O–H groups in total. The lowest BCUT2D eigenvalue weighted by Gasteiger charge is -2.57. The Morgan fingerprint density at radius 1 is 1.12 bits per heavy atom. The van der Waals surface area contributed by atoms with Crippen LogP contribution in [0.3, 0.4) is 0 Å². The molecule has 134 valence electrons. The minimum Gasteiger partial charge on any atom is -0.271 e. The SMILES string of the molecule is CCc1cccc(C)c1N1C=NC2(C1=O)C1CC3CC(C1)CC2C3.Cl. The molecule has 0 radical (unpaired) electrons. The second-order valence-electron chi connectivity index (χ2n) is 8.49. The second kappa shape index (κ2) is 5.84. The van der Waals surface area contributed by atoms with Gasteiger partial charge in [-0.3, -0.25) is 14.7 Å². The van der Waals surface area contributed by atoms with E-state index in [1.54, 1.807) is 0 Å². The van der Waals surface area contributed by atoms with Crippen molar-refractivity contribution >= 4 is 30.3 Å². The Morgan fingerprint density at radius 2 is 1.76 bits per heavy atom. The smallest absolute Gasteiger partial charge is 0.260 e. The molecule has 25 heavy (non-hydrogen) atoms. The van der Waals surface area contributed by atoms with Crippen LogP contribution in [0.5, 0.6) is 0 Å². The van der Waals surface area contributed by atoms with Crippen molar-refractivity contribution < 1.29 is 4.79 Å². The maximum atomic E-state index is 13.6. The molecule has 1 heterocycles. The van der Waals surface area contributed by atoms with Gasteiger partial charge in [0.05, 0.1) is 12.0 Å². The number of carbonyl (C=O) groups is 1. The largest absolute Gasteiger partial charge is 0.271 e. The zero-order valence-corrected chi connectivity index (χ0v) is 15.9. The highest BCUT2D eigenvalue weighted by Crippen LogP contribution is 2.61. The lowest BCUT2D eigenvalue weighted by atomic mass is 9.48. The average Bonchev–Trinajstić information content (AvgIpc) is 2.90. The zero-order chi connectivity index (χ0) is 16.5. The molecule has 1 aromatic carbocycles. The highest BCUT2D eigenvalue weighted by Gasteiger charge is 2.63. The average molecular weight is 359 g/mol. The molecule has 0 unspecified atom stereocenters. The number of anilines is 1. The number of benzene rings is 1. The van der Waals surface area contributed by atoms with Crippen LogP contribution in [0.1, 0.15) is 50.2 Å². The summed E-state index contributed by atoms with van der Waals surface area (Å²) in [5.74, 6) is 2.95. The molecule has 4 saturated carbocycles. The van der Waals surface area contributed by atoms with E-state index in [0.717, 1.165) is 23.9 Å². The van der Waals surface area contributed by atoms with Crippen LogP contribution in [0.25, 0.3) is 0 Å². The normalized spacial score (nSPS) is 37.8. The van der Waals surface area contributed by atoms with Crippen molar-refractivity contribution in [2.45, 2.75) is 57.9 Å². The van der Waals surface area contributed by atoms with E-state index in [0.29, 0.717) is 11.8 Å². The Morgan fingerprint density at radius 3 is 2.36 bits per heavy atom. The van der Waals surface area contributed by atoms with Crippen molar-refractivity contribution in [3.63, 3.8) is 0 Å². The third kappa shape index (κ3) is 2.17. The van der Waals surface area contributed by atoms with Crippen LogP contribution in [-0.2, 0) is 11.2 Å². The van der Waals surface area contributed by atoms with Gasteiger partial charge in [0.1, 0.15) is 5.54 Å². The number of nitrogens with zero attached hydrogens (tertiary/aromatic N) is 2. The first-order chi connectivity index (χ1) is 11.6. The van der Waals surface area contributed by atoms with Gasteiger partial charge in [-0.05, 0) is 80.2 Å². The fourth-order valence-corrected chi connectivity index (χ4v) is 6.43. The number of carbonyl (C=O) groups excluding carboxylic acids is 1. The van der Waals surface area contributed by atoms with Crippen LogP contribution in [0, 0.1) is 30.6 Å². The number of aryl methyl sites for hydroxylation is 2. The van der Waals surface area contributed by atoms with Crippen LogP contribution in [0.2, 0.25) is 0 Å². The molecule has 4 heteroatoms. The summed E-state index contributed by atoms with van der Waals surface area (Å²) < 4.78 is 0. The number of amides is 1. The molecular formula is C21H27ClN2O. The predicted molar refractivity (Wildman–Crippen MR) is 104 cm³/mol. The molecule has 6 rings (SSSR count). The summed E-state index contributed by atoms with van der Waals surface area (Å²) in [5, 5.41) is 0. The lowest BCUT2D eigenvalue weighted by Crippen LogP contribution is -2.61. The highest BCUT2D eigenvalue weighted by atomic mass is 35.5. The lowest BCUT2D eigenvalue weighted by molar-refractivity contribution is -0.136. The Bertz CT molecular complexity index is 713. The molecule has 4 aliphatic carbocycles. The Hall–Kier alpha value is -1.35. The molecular weight excluding hydrogens is 332 g/mol. The van der Waals surface area contributed by atoms with Crippen molar-refractivity contribution in [3.05, 3.63) is 29.3 Å². The summed E-state index contributed by atoms with van der Waals surface area (Å²) in [7, 11) is 0. The van der Waals surface area contributed by atoms with Gasteiger partial charge in [0.2, 0.25) is 0 Å². The number of halogens is 1. The topological polar surface area (TPSA) is 32.7 Å². The van der Waals surface area contributed by atoms with Crippen LogP contribution < -0.4 is 4.90 Å². The summed E-state index contributed by atoms with van der Waals surface area (Å²) in [6.45, 7) is 4.27. The van der Waals surface area contributed by atoms with Gasteiger partial charge in [-0.2, -0.15) is 0 Å². The fourth-order valence-electron chi connectivity index (χ4n) is 6.43. The van der Waals surface area contributed by atoms with Gasteiger partial charge >= 0.3 is 0 Å². The maximum Gasteiger partial charge on any atom is 0.260 e. The maximum absolute atomic E-state index is 13.6. The molecule has 1 amide bonds. The minimum absolute atomic E-state index is 0. The van der Waals surface area contributed by atoms with Gasteiger partial charge in [0.25, 0.3) is 5.91 Å². The molecule has 5 aliphatic rings. The van der Waals surface area contributed by atoms with Crippen molar-refractivity contribution in [1.29, 1.82) is 0 Å². The summed E-state index contributed by atoms with van der Waals surface area (Å²) in [4.78, 5) is 20.5. The van der Waals surface area contributed by atoms with Crippen LogP contribution in [0.15, 0.2) is 23.2 Å². The third-order valence-corrected chi connectivity index (χ3v) is 7.27. The summed E-state index contributed by atoms with van der Waals surface area (Å²) in [6.07, 6.45) is 9.10. The third-order valence-electron chi connectivity index (χ3n) is 7.27. The van der Waals surface area contributed by atoms with Gasteiger partial charge < -0.3 is 0 Å². The Labute approximate surface area is 156 Å². The van der Waals surface area contributed by atoms with E-state index >= 15 is 0 Å². The van der Waals surface area contributed by atoms with Gasteiger partial charge in [-0.15, -0.1) is 12.4 Å². The minimum atomic E-state index is -0.430. The highest BCUT2D eigenvalue weighted by molar-refractivity contribution is 6.18. The molecule has 1 aromatic rings. The molecule has 0 saturated heterocycles. The zero-order valence-electron chi connectivity index (χ0n) is 15.1. The number of hydrogen-bond donors (Lipinski definition) is 0. The molecule has 1 aliphatic heterocycles. The van der Waals surface area contributed by atoms with Gasteiger partial charge in [0.15, 0.2) is 0 Å². The van der Waals surface area contributed by atoms with Crippen LogP contribution >= 0.6 is 12.4 Å². The number of rotatable bonds is 2. The Balaban J connectivity index is 0.00000157. The Kier molecular flexibility index (Phi) is 3.99. The molecule has 0 aromatic heterocycles. The van der Waals surface area contributed by atoms with E-state index in [4.69, 9.17) is 4.99 Å². The van der Waals surface area contributed by atoms with E-state index in [1.165, 1.54) is 43.2 Å². The van der Waals surface area contributed by atoms with Crippen molar-refractivity contribution in [2.75, 3.05) is 4.90 Å². The van der Waals surface area contributed by atoms with E-state index in [9.17, 15) is 4.79 Å². The summed E-state index contributed by atoms with van der Waals surface area (Å²) in [5.41, 5.74) is 3.07. The van der Waals surface area contributed by atoms with E-state index in [1.807, 2.05) is 11.2 Å². The molecule has 4 fully saturated rings. The molecule has 3 nitrogen and oxygen atoms in total. The first-order valence-corrected chi connectivity index (χ1v) is 9.61. The number of hydrogen-bond acceptors (Lipinski definition) is 2. The summed E-state index contributed by atoms with van der Waals surface area (Å²) >= 11 is 0. The van der Waals surface area contributed by atoms with Crippen LogP contribution in [0.4, 0.5) is 5.69 Å². The molecule has 4 bridgehead atoms. The van der Waals surface area contributed by atoms with Gasteiger partial charge in [0, 0.05) is 0 Å². The second-order valence-corrected chi connectivity index (χ2v) is 8.49. The standard InChI is InChI=1S/C21H26N2O.ClH/c1-3-16-6-4-5-13(2)19(16)23-12-22-21(20(23)24)17-8-14-7-15(10-17)11-18(21)9-14;/h4-6,12,14-15,17-18H,3,7-11H2,1-2H3;1H. The van der Waals surface area contributed by atoms with Gasteiger partial charge in [-0.25, -0.2) is 0 Å². The molecule has 0 atom stereocenters. The van der Waals surface area contributed by atoms with E-state index in [-0.39, 0.29) is 18.3 Å². The van der Waals surface area contributed by atoms with Crippen molar-refractivity contribution in [1.82, 2.24) is 0 Å². The summed E-state index contributed by atoms with van der Waals surface area (Å²) in [6, 6.07) is 6.34. The predicted octanol–water partition coefficient (Wildman–Crippen LogP) is 4.55. The van der Waals surface area contributed by atoms with E-state index in [2.05, 4.69) is 32.0 Å². The van der Waals surface area contributed by atoms with Crippen molar-refractivity contribution in [3.8, 4) is 0 Å². The first-order valence-electron chi connectivity index (χ1n) is 9.61. The van der Waals surface area contributed by atoms with Crippen molar-refractivity contribution in [2.24, 2.45) is 28.7 Å².